The largest absolute Gasteiger partial charge is 0.381 e. The zero-order chi connectivity index (χ0) is 21.5. The SMILES string of the molecule is C[C@@H](n1cnc2cccc(Cl)c2c1=O)[C@](O)(Cn1cncn1)c1ccc(F)cc1F. The Bertz CT molecular complexity index is 1280. The summed E-state index contributed by atoms with van der Waals surface area (Å²) in [7, 11) is 0. The minimum Gasteiger partial charge on any atom is -0.381 e. The highest BCUT2D eigenvalue weighted by atomic mass is 35.5. The summed E-state index contributed by atoms with van der Waals surface area (Å²) in [5.74, 6) is -1.74. The van der Waals surface area contributed by atoms with Crippen molar-refractivity contribution in [2.45, 2.75) is 25.1 Å². The first-order valence-corrected chi connectivity index (χ1v) is 9.35. The summed E-state index contributed by atoms with van der Waals surface area (Å²) in [5.41, 5.74) is -2.30. The lowest BCUT2D eigenvalue weighted by molar-refractivity contribution is -0.0343. The number of hydrogen-bond donors (Lipinski definition) is 1. The van der Waals surface area contributed by atoms with Gasteiger partial charge in [-0.05, 0) is 25.1 Å². The maximum atomic E-state index is 14.7. The third-order valence-corrected chi connectivity index (χ3v) is 5.45. The lowest BCUT2D eigenvalue weighted by Gasteiger charge is -2.35. The van der Waals surface area contributed by atoms with Crippen molar-refractivity contribution in [3.05, 3.63) is 88.0 Å². The lowest BCUT2D eigenvalue weighted by Crippen LogP contribution is -2.43. The molecule has 0 radical (unpaired) electrons. The van der Waals surface area contributed by atoms with Crippen molar-refractivity contribution in [3.63, 3.8) is 0 Å². The molecule has 0 fully saturated rings. The summed E-state index contributed by atoms with van der Waals surface area (Å²) in [5, 5.41) is 16.0. The predicted molar refractivity (Wildman–Crippen MR) is 106 cm³/mol. The maximum absolute atomic E-state index is 14.7. The van der Waals surface area contributed by atoms with Gasteiger partial charge in [0.05, 0.1) is 34.8 Å². The fraction of sp³-hybridized carbons (Fsp3) is 0.200. The molecule has 0 unspecified atom stereocenters. The second kappa shape index (κ2) is 7.58. The van der Waals surface area contributed by atoms with Gasteiger partial charge < -0.3 is 5.11 Å². The Balaban J connectivity index is 1.91. The molecule has 2 aromatic heterocycles. The van der Waals surface area contributed by atoms with E-state index in [0.717, 1.165) is 12.1 Å². The molecule has 2 heterocycles. The third kappa shape index (κ3) is 3.35. The normalized spacial score (nSPS) is 14.6. The van der Waals surface area contributed by atoms with Gasteiger partial charge in [-0.15, -0.1) is 0 Å². The van der Waals surface area contributed by atoms with Gasteiger partial charge in [0.1, 0.15) is 29.9 Å². The number of aliphatic hydroxyl groups is 1. The van der Waals surface area contributed by atoms with Gasteiger partial charge >= 0.3 is 0 Å². The Morgan fingerprint density at radius 2 is 2.03 bits per heavy atom. The molecule has 0 spiro atoms. The molecule has 0 bridgehead atoms. The minimum atomic E-state index is -1.99. The third-order valence-electron chi connectivity index (χ3n) is 5.14. The van der Waals surface area contributed by atoms with Crippen LogP contribution in [0, 0.1) is 11.6 Å². The summed E-state index contributed by atoms with van der Waals surface area (Å²) >= 11 is 6.19. The van der Waals surface area contributed by atoms with Gasteiger partial charge in [0.2, 0.25) is 0 Å². The van der Waals surface area contributed by atoms with Crippen LogP contribution in [0.25, 0.3) is 10.9 Å². The van der Waals surface area contributed by atoms with Gasteiger partial charge in [-0.3, -0.25) is 9.36 Å². The molecule has 30 heavy (non-hydrogen) atoms. The van der Waals surface area contributed by atoms with E-state index < -0.39 is 28.8 Å². The monoisotopic (exact) mass is 431 g/mol. The molecule has 0 aliphatic rings. The van der Waals surface area contributed by atoms with Crippen LogP contribution in [0.15, 0.2) is 60.2 Å². The van der Waals surface area contributed by atoms with Crippen molar-refractivity contribution in [1.29, 1.82) is 0 Å². The smallest absolute Gasteiger partial charge is 0.263 e. The van der Waals surface area contributed by atoms with Gasteiger partial charge in [-0.2, -0.15) is 5.10 Å². The molecule has 154 valence electrons. The number of halogens is 3. The van der Waals surface area contributed by atoms with Crippen LogP contribution >= 0.6 is 11.6 Å². The zero-order valence-corrected chi connectivity index (χ0v) is 16.5. The lowest BCUT2D eigenvalue weighted by atomic mass is 9.86. The van der Waals surface area contributed by atoms with E-state index in [1.54, 1.807) is 18.2 Å². The van der Waals surface area contributed by atoms with E-state index >= 15 is 0 Å². The van der Waals surface area contributed by atoms with Gasteiger partial charge in [0.15, 0.2) is 0 Å². The van der Waals surface area contributed by atoms with E-state index in [0.29, 0.717) is 11.6 Å². The first kappa shape index (κ1) is 20.1. The Morgan fingerprint density at radius 3 is 2.73 bits per heavy atom. The Kier molecular flexibility index (Phi) is 5.08. The minimum absolute atomic E-state index is 0.177. The Morgan fingerprint density at radius 1 is 1.23 bits per heavy atom. The van der Waals surface area contributed by atoms with Crippen molar-refractivity contribution in [1.82, 2.24) is 24.3 Å². The average Bonchev–Trinajstić information content (AvgIpc) is 3.20. The van der Waals surface area contributed by atoms with Crippen molar-refractivity contribution < 1.29 is 13.9 Å². The first-order chi connectivity index (χ1) is 14.3. The van der Waals surface area contributed by atoms with Crippen LogP contribution in [-0.4, -0.2) is 29.4 Å². The molecule has 0 saturated heterocycles. The molecule has 4 aromatic rings. The predicted octanol–water partition coefficient (Wildman–Crippen LogP) is 3.07. The van der Waals surface area contributed by atoms with Crippen LogP contribution in [0.2, 0.25) is 5.02 Å². The second-order valence-electron chi connectivity index (χ2n) is 6.91. The van der Waals surface area contributed by atoms with Gasteiger partial charge in [0, 0.05) is 11.6 Å². The van der Waals surface area contributed by atoms with Crippen molar-refractivity contribution in [2.75, 3.05) is 0 Å². The van der Waals surface area contributed by atoms with E-state index in [4.69, 9.17) is 11.6 Å². The summed E-state index contributed by atoms with van der Waals surface area (Å²) in [6.07, 6.45) is 3.87. The topological polar surface area (TPSA) is 85.8 Å². The van der Waals surface area contributed by atoms with E-state index in [1.165, 1.54) is 35.2 Å². The molecule has 0 aliphatic heterocycles. The highest BCUT2D eigenvalue weighted by Crippen LogP contribution is 2.36. The van der Waals surface area contributed by atoms with Crippen molar-refractivity contribution >= 4 is 22.5 Å². The number of hydrogen-bond acceptors (Lipinski definition) is 5. The summed E-state index contributed by atoms with van der Waals surface area (Å²) in [6, 6.07) is 6.69. The van der Waals surface area contributed by atoms with Crippen LogP contribution in [-0.2, 0) is 12.1 Å². The number of rotatable bonds is 5. The molecular weight excluding hydrogens is 416 g/mol. The molecule has 2 aromatic carbocycles. The molecule has 7 nitrogen and oxygen atoms in total. The maximum Gasteiger partial charge on any atom is 0.263 e. The molecular formula is C20H16ClF2N5O2. The van der Waals surface area contributed by atoms with E-state index in [1.807, 2.05) is 0 Å². The van der Waals surface area contributed by atoms with E-state index in [-0.39, 0.29) is 22.5 Å². The first-order valence-electron chi connectivity index (χ1n) is 8.97. The highest BCUT2D eigenvalue weighted by molar-refractivity contribution is 6.35. The summed E-state index contributed by atoms with van der Waals surface area (Å²) in [6.45, 7) is 1.29. The Hall–Kier alpha value is -3.17. The second-order valence-corrected chi connectivity index (χ2v) is 7.32. The molecule has 0 saturated carbocycles. The summed E-state index contributed by atoms with van der Waals surface area (Å²) < 4.78 is 30.7. The quantitative estimate of drug-likeness (QED) is 0.525. The van der Waals surface area contributed by atoms with Gasteiger partial charge in [-0.1, -0.05) is 23.7 Å². The molecule has 2 atom stereocenters. The number of nitrogens with zero attached hydrogens (tertiary/aromatic N) is 5. The number of fused-ring (bicyclic) bond motifs is 1. The number of aromatic nitrogens is 5. The standard InChI is InChI=1S/C20H16ClF2N5O2/c1-12(28-11-25-17-4-2-3-15(21)18(17)19(28)29)20(30,8-27-10-24-9-26-27)14-6-5-13(22)7-16(14)23/h2-7,9-12,30H,8H2,1H3/t12-,20-/m1/s1. The molecule has 4 rings (SSSR count). The molecule has 10 heteroatoms. The highest BCUT2D eigenvalue weighted by Gasteiger charge is 2.41. The van der Waals surface area contributed by atoms with E-state index in [2.05, 4.69) is 15.1 Å². The molecule has 1 N–H and O–H groups in total. The van der Waals surface area contributed by atoms with Gasteiger partial charge in [-0.25, -0.2) is 23.4 Å². The van der Waals surface area contributed by atoms with Crippen LogP contribution in [0.3, 0.4) is 0 Å². The zero-order valence-electron chi connectivity index (χ0n) is 15.7. The van der Waals surface area contributed by atoms with Crippen molar-refractivity contribution in [2.24, 2.45) is 0 Å². The fourth-order valence-electron chi connectivity index (χ4n) is 3.49. The van der Waals surface area contributed by atoms with Crippen LogP contribution in [0.4, 0.5) is 8.78 Å². The average molecular weight is 432 g/mol. The van der Waals surface area contributed by atoms with Crippen LogP contribution < -0.4 is 5.56 Å². The van der Waals surface area contributed by atoms with Crippen molar-refractivity contribution in [3.8, 4) is 0 Å². The van der Waals surface area contributed by atoms with Crippen LogP contribution in [0.1, 0.15) is 18.5 Å². The number of benzene rings is 2. The van der Waals surface area contributed by atoms with Gasteiger partial charge in [0.25, 0.3) is 5.56 Å². The van der Waals surface area contributed by atoms with E-state index in [9.17, 15) is 18.7 Å². The Labute approximate surface area is 174 Å². The summed E-state index contributed by atoms with van der Waals surface area (Å²) in [4.78, 5) is 21.2. The van der Waals surface area contributed by atoms with Crippen LogP contribution in [0.5, 0.6) is 0 Å². The fourth-order valence-corrected chi connectivity index (χ4v) is 3.74. The molecule has 0 aliphatic carbocycles. The molecule has 0 amide bonds.